The van der Waals surface area contributed by atoms with Gasteiger partial charge in [0.05, 0.1) is 12.1 Å². The lowest BCUT2D eigenvalue weighted by atomic mass is 10.3. The highest BCUT2D eigenvalue weighted by atomic mass is 32.1. The van der Waals surface area contributed by atoms with Crippen molar-refractivity contribution < 1.29 is 9.59 Å². The zero-order valence-electron chi connectivity index (χ0n) is 9.89. The summed E-state index contributed by atoms with van der Waals surface area (Å²) in [5, 5.41) is 5.27. The molecule has 1 aliphatic heterocycles. The van der Waals surface area contributed by atoms with E-state index in [1.165, 1.54) is 11.3 Å². The van der Waals surface area contributed by atoms with E-state index in [1.54, 1.807) is 4.90 Å². The maximum Gasteiger partial charge on any atom is 0.228 e. The molecule has 1 aromatic heterocycles. The maximum absolute atomic E-state index is 11.6. The second-order valence-electron chi connectivity index (χ2n) is 4.02. The minimum atomic E-state index is -0.0614. The molecule has 18 heavy (non-hydrogen) atoms. The van der Waals surface area contributed by atoms with Crippen molar-refractivity contribution in [1.29, 1.82) is 0 Å². The fourth-order valence-electron chi connectivity index (χ4n) is 1.77. The van der Waals surface area contributed by atoms with Crippen molar-refractivity contribution in [1.82, 2.24) is 10.3 Å². The summed E-state index contributed by atoms with van der Waals surface area (Å²) < 4.78 is 0. The molecule has 0 bridgehead atoms. The van der Waals surface area contributed by atoms with Crippen LogP contribution in [0, 0.1) is 0 Å². The lowest BCUT2D eigenvalue weighted by molar-refractivity contribution is -0.120. The Balaban J connectivity index is 1.93. The zero-order chi connectivity index (χ0) is 13.0. The van der Waals surface area contributed by atoms with Crippen LogP contribution in [-0.2, 0) is 16.0 Å². The minimum absolute atomic E-state index is 0.0614. The SMILES string of the molecule is O=C(Cc1csc(N2CCCC2=O)n1)NCCS. The molecule has 2 amide bonds. The van der Waals surface area contributed by atoms with Crippen molar-refractivity contribution in [3.63, 3.8) is 0 Å². The van der Waals surface area contributed by atoms with Gasteiger partial charge < -0.3 is 5.32 Å². The van der Waals surface area contributed by atoms with Crippen LogP contribution in [-0.4, -0.2) is 35.6 Å². The first-order valence-corrected chi connectivity index (χ1v) is 7.34. The normalized spacial score (nSPS) is 15.2. The van der Waals surface area contributed by atoms with E-state index in [1.807, 2.05) is 5.38 Å². The highest BCUT2D eigenvalue weighted by Crippen LogP contribution is 2.25. The molecule has 2 rings (SSSR count). The molecule has 0 unspecified atom stereocenters. The Bertz CT molecular complexity index is 447. The van der Waals surface area contributed by atoms with Crippen molar-refractivity contribution in [2.24, 2.45) is 0 Å². The lowest BCUT2D eigenvalue weighted by Crippen LogP contribution is -2.27. The number of amides is 2. The van der Waals surface area contributed by atoms with Crippen LogP contribution in [0.1, 0.15) is 18.5 Å². The van der Waals surface area contributed by atoms with Crippen LogP contribution in [0.25, 0.3) is 0 Å². The second-order valence-corrected chi connectivity index (χ2v) is 5.30. The van der Waals surface area contributed by atoms with Crippen molar-refractivity contribution in [2.45, 2.75) is 19.3 Å². The Morgan fingerprint density at radius 3 is 3.11 bits per heavy atom. The first-order chi connectivity index (χ1) is 8.70. The van der Waals surface area contributed by atoms with E-state index in [2.05, 4.69) is 22.9 Å². The fourth-order valence-corrected chi connectivity index (χ4v) is 2.75. The first kappa shape index (κ1) is 13.4. The second kappa shape index (κ2) is 6.19. The summed E-state index contributed by atoms with van der Waals surface area (Å²) in [4.78, 5) is 29.1. The quantitative estimate of drug-likeness (QED) is 0.789. The summed E-state index contributed by atoms with van der Waals surface area (Å²) >= 11 is 5.44. The smallest absolute Gasteiger partial charge is 0.228 e. The Morgan fingerprint density at radius 1 is 1.61 bits per heavy atom. The first-order valence-electron chi connectivity index (χ1n) is 5.83. The van der Waals surface area contributed by atoms with Gasteiger partial charge in [-0.3, -0.25) is 14.5 Å². The number of hydrogen-bond acceptors (Lipinski definition) is 5. The third-order valence-corrected chi connectivity index (χ3v) is 3.76. The van der Waals surface area contributed by atoms with Crippen LogP contribution < -0.4 is 10.2 Å². The van der Waals surface area contributed by atoms with E-state index in [0.717, 1.165) is 13.0 Å². The van der Waals surface area contributed by atoms with Gasteiger partial charge in [-0.05, 0) is 6.42 Å². The van der Waals surface area contributed by atoms with E-state index < -0.39 is 0 Å². The Kier molecular flexibility index (Phi) is 4.60. The van der Waals surface area contributed by atoms with E-state index in [-0.39, 0.29) is 18.2 Å². The predicted molar refractivity (Wildman–Crippen MR) is 74.3 cm³/mol. The largest absolute Gasteiger partial charge is 0.355 e. The number of nitrogens with zero attached hydrogens (tertiary/aromatic N) is 2. The average molecular weight is 285 g/mol. The Morgan fingerprint density at radius 2 is 2.44 bits per heavy atom. The molecule has 0 radical (unpaired) electrons. The molecule has 0 aromatic carbocycles. The molecular weight excluding hydrogens is 270 g/mol. The fraction of sp³-hybridized carbons (Fsp3) is 0.545. The molecule has 0 spiro atoms. The number of rotatable bonds is 5. The standard InChI is InChI=1S/C11H15N3O2S2/c15-9(12-3-5-17)6-8-7-18-11(13-8)14-4-1-2-10(14)16/h7,17H,1-6H2,(H,12,15). The molecule has 0 atom stereocenters. The van der Waals surface area contributed by atoms with Gasteiger partial charge in [0.25, 0.3) is 0 Å². The number of thiol groups is 1. The number of hydrogen-bond donors (Lipinski definition) is 2. The van der Waals surface area contributed by atoms with Gasteiger partial charge >= 0.3 is 0 Å². The number of carbonyl (C=O) groups is 2. The summed E-state index contributed by atoms with van der Waals surface area (Å²) in [6, 6.07) is 0. The highest BCUT2D eigenvalue weighted by Gasteiger charge is 2.24. The average Bonchev–Trinajstić information content (AvgIpc) is 2.95. The number of nitrogens with one attached hydrogen (secondary N) is 1. The van der Waals surface area contributed by atoms with Gasteiger partial charge in [0.2, 0.25) is 11.8 Å². The molecule has 5 nitrogen and oxygen atoms in total. The van der Waals surface area contributed by atoms with E-state index in [4.69, 9.17) is 0 Å². The number of aromatic nitrogens is 1. The van der Waals surface area contributed by atoms with Crippen LogP contribution in [0.2, 0.25) is 0 Å². The van der Waals surface area contributed by atoms with Crippen molar-refractivity contribution in [2.75, 3.05) is 23.7 Å². The summed E-state index contributed by atoms with van der Waals surface area (Å²) in [6.07, 6.45) is 1.74. The molecule has 1 N–H and O–H groups in total. The molecule has 0 aliphatic carbocycles. The third kappa shape index (κ3) is 3.23. The van der Waals surface area contributed by atoms with Crippen LogP contribution in [0.15, 0.2) is 5.38 Å². The minimum Gasteiger partial charge on any atom is -0.355 e. The molecular formula is C11H15N3O2S2. The summed E-state index contributed by atoms with van der Waals surface area (Å²) in [5.41, 5.74) is 0.714. The Labute approximate surface area is 115 Å². The lowest BCUT2D eigenvalue weighted by Gasteiger charge is -2.10. The summed E-state index contributed by atoms with van der Waals surface area (Å²) in [7, 11) is 0. The van der Waals surface area contributed by atoms with E-state index in [0.29, 0.717) is 29.5 Å². The van der Waals surface area contributed by atoms with Crippen LogP contribution in [0.3, 0.4) is 0 Å². The molecule has 2 heterocycles. The number of anilines is 1. The third-order valence-electron chi connectivity index (χ3n) is 2.62. The van der Waals surface area contributed by atoms with Gasteiger partial charge in [0.1, 0.15) is 0 Å². The molecule has 0 saturated carbocycles. The van der Waals surface area contributed by atoms with Crippen molar-refractivity contribution >= 4 is 40.9 Å². The molecule has 1 saturated heterocycles. The van der Waals surface area contributed by atoms with Gasteiger partial charge in [-0.15, -0.1) is 11.3 Å². The molecule has 7 heteroatoms. The maximum atomic E-state index is 11.6. The highest BCUT2D eigenvalue weighted by molar-refractivity contribution is 7.80. The Hall–Kier alpha value is -1.08. The van der Waals surface area contributed by atoms with Crippen LogP contribution in [0.5, 0.6) is 0 Å². The van der Waals surface area contributed by atoms with Crippen LogP contribution >= 0.6 is 24.0 Å². The van der Waals surface area contributed by atoms with E-state index in [9.17, 15) is 9.59 Å². The van der Waals surface area contributed by atoms with Gasteiger partial charge in [0, 0.05) is 30.6 Å². The number of thiazole rings is 1. The zero-order valence-corrected chi connectivity index (χ0v) is 11.6. The van der Waals surface area contributed by atoms with Crippen LogP contribution in [0.4, 0.5) is 5.13 Å². The summed E-state index contributed by atoms with van der Waals surface area (Å²) in [6.45, 7) is 1.29. The van der Waals surface area contributed by atoms with Gasteiger partial charge in [0.15, 0.2) is 5.13 Å². The molecule has 1 aliphatic rings. The van der Waals surface area contributed by atoms with E-state index >= 15 is 0 Å². The van der Waals surface area contributed by atoms with Gasteiger partial charge in [-0.2, -0.15) is 12.6 Å². The molecule has 1 aromatic rings. The van der Waals surface area contributed by atoms with Crippen molar-refractivity contribution in [3.8, 4) is 0 Å². The van der Waals surface area contributed by atoms with Crippen molar-refractivity contribution in [3.05, 3.63) is 11.1 Å². The summed E-state index contributed by atoms with van der Waals surface area (Å²) in [5.74, 6) is 0.681. The topological polar surface area (TPSA) is 62.3 Å². The van der Waals surface area contributed by atoms with Gasteiger partial charge in [-0.25, -0.2) is 4.98 Å². The number of carbonyl (C=O) groups excluding carboxylic acids is 2. The molecule has 1 fully saturated rings. The molecule has 98 valence electrons. The monoisotopic (exact) mass is 285 g/mol. The van der Waals surface area contributed by atoms with Gasteiger partial charge in [-0.1, -0.05) is 0 Å². The predicted octanol–water partition coefficient (Wildman–Crippen LogP) is 0.858.